The molecule has 27 heavy (non-hydrogen) atoms. The standard InChI is InChI=1S/C20H26N4O3/c1-26-13-12-23-14-20(10-8-17(23)25)9-5-11-24(15-20)19-21-18(27-22-19)16-6-3-2-4-7-16/h2-4,6-7H,5,8-15H2,1H3/t20-/m1/s1. The van der Waals surface area contributed by atoms with Crippen molar-refractivity contribution >= 4 is 11.9 Å². The molecule has 2 aliphatic rings. The van der Waals surface area contributed by atoms with Gasteiger partial charge in [-0.1, -0.05) is 18.2 Å². The lowest BCUT2D eigenvalue weighted by Gasteiger charge is -2.47. The van der Waals surface area contributed by atoms with E-state index in [0.29, 0.717) is 31.4 Å². The molecular formula is C20H26N4O3. The van der Waals surface area contributed by atoms with Gasteiger partial charge in [0.15, 0.2) is 0 Å². The fourth-order valence-electron chi connectivity index (χ4n) is 4.26. The highest BCUT2D eigenvalue weighted by molar-refractivity contribution is 5.77. The number of nitrogens with zero attached hydrogens (tertiary/aromatic N) is 4. The number of piperidine rings is 2. The quantitative estimate of drug-likeness (QED) is 0.806. The van der Waals surface area contributed by atoms with E-state index >= 15 is 0 Å². The molecule has 1 atom stereocenters. The number of hydrogen-bond acceptors (Lipinski definition) is 6. The van der Waals surface area contributed by atoms with Crippen molar-refractivity contribution in [3.8, 4) is 11.5 Å². The van der Waals surface area contributed by atoms with Crippen molar-refractivity contribution in [3.63, 3.8) is 0 Å². The van der Waals surface area contributed by atoms with Gasteiger partial charge in [0, 0.05) is 50.7 Å². The molecule has 144 valence electrons. The second-order valence-electron chi connectivity index (χ2n) is 7.60. The maximum atomic E-state index is 12.3. The molecule has 2 aliphatic heterocycles. The van der Waals surface area contributed by atoms with Gasteiger partial charge in [-0.3, -0.25) is 4.79 Å². The van der Waals surface area contributed by atoms with Gasteiger partial charge in [-0.05, 0) is 36.6 Å². The molecule has 0 bridgehead atoms. The Morgan fingerprint density at radius 1 is 1.22 bits per heavy atom. The van der Waals surface area contributed by atoms with Crippen LogP contribution in [0.5, 0.6) is 0 Å². The van der Waals surface area contributed by atoms with Gasteiger partial charge in [0.1, 0.15) is 0 Å². The predicted octanol–water partition coefficient (Wildman–Crippen LogP) is 2.59. The third-order valence-electron chi connectivity index (χ3n) is 5.69. The maximum absolute atomic E-state index is 12.3. The number of aromatic nitrogens is 2. The van der Waals surface area contributed by atoms with Crippen LogP contribution in [-0.2, 0) is 9.53 Å². The minimum Gasteiger partial charge on any atom is -0.383 e. The fourth-order valence-corrected chi connectivity index (χ4v) is 4.26. The van der Waals surface area contributed by atoms with E-state index in [-0.39, 0.29) is 11.3 Å². The lowest BCUT2D eigenvalue weighted by atomic mass is 9.73. The molecule has 4 rings (SSSR count). The summed E-state index contributed by atoms with van der Waals surface area (Å²) in [5, 5.41) is 4.22. The average molecular weight is 370 g/mol. The first-order valence-corrected chi connectivity index (χ1v) is 9.60. The summed E-state index contributed by atoms with van der Waals surface area (Å²) in [4.78, 5) is 21.0. The van der Waals surface area contributed by atoms with E-state index in [1.807, 2.05) is 35.2 Å². The summed E-state index contributed by atoms with van der Waals surface area (Å²) in [6, 6.07) is 9.82. The Hall–Kier alpha value is -2.41. The summed E-state index contributed by atoms with van der Waals surface area (Å²) in [6.07, 6.45) is 3.74. The normalized spacial score (nSPS) is 23.2. The Kier molecular flexibility index (Phi) is 5.11. The Morgan fingerprint density at radius 2 is 2.07 bits per heavy atom. The van der Waals surface area contributed by atoms with E-state index in [0.717, 1.165) is 44.5 Å². The van der Waals surface area contributed by atoms with E-state index in [2.05, 4.69) is 15.0 Å². The summed E-state index contributed by atoms with van der Waals surface area (Å²) in [5.41, 5.74) is 1.03. The fraction of sp³-hybridized carbons (Fsp3) is 0.550. The Balaban J connectivity index is 1.48. The second-order valence-corrected chi connectivity index (χ2v) is 7.60. The van der Waals surface area contributed by atoms with E-state index in [1.165, 1.54) is 0 Å². The molecule has 0 unspecified atom stereocenters. The first-order valence-electron chi connectivity index (χ1n) is 9.60. The Morgan fingerprint density at radius 3 is 2.89 bits per heavy atom. The number of benzene rings is 1. The van der Waals surface area contributed by atoms with E-state index in [4.69, 9.17) is 9.26 Å². The molecule has 0 aliphatic carbocycles. The minimum atomic E-state index is 0.105. The maximum Gasteiger partial charge on any atom is 0.266 e. The number of anilines is 1. The second kappa shape index (κ2) is 7.68. The van der Waals surface area contributed by atoms with Gasteiger partial charge in [-0.25, -0.2) is 0 Å². The molecule has 0 saturated carbocycles. The number of ether oxygens (including phenoxy) is 1. The van der Waals surface area contributed by atoms with Crippen molar-refractivity contribution in [1.29, 1.82) is 0 Å². The minimum absolute atomic E-state index is 0.105. The van der Waals surface area contributed by atoms with E-state index in [1.54, 1.807) is 7.11 Å². The van der Waals surface area contributed by atoms with Crippen LogP contribution in [-0.4, -0.2) is 60.8 Å². The summed E-state index contributed by atoms with van der Waals surface area (Å²) in [7, 11) is 1.67. The highest BCUT2D eigenvalue weighted by atomic mass is 16.5. The summed E-state index contributed by atoms with van der Waals surface area (Å²) < 4.78 is 10.7. The summed E-state index contributed by atoms with van der Waals surface area (Å²) in [6.45, 7) is 3.81. The summed E-state index contributed by atoms with van der Waals surface area (Å²) in [5.74, 6) is 1.43. The van der Waals surface area contributed by atoms with Crippen LogP contribution in [0.25, 0.3) is 11.5 Å². The zero-order valence-electron chi connectivity index (χ0n) is 15.8. The van der Waals surface area contributed by atoms with Gasteiger partial charge in [0.25, 0.3) is 11.8 Å². The molecule has 1 spiro atoms. The highest BCUT2D eigenvalue weighted by Gasteiger charge is 2.42. The van der Waals surface area contributed by atoms with Crippen LogP contribution in [0.2, 0.25) is 0 Å². The summed E-state index contributed by atoms with van der Waals surface area (Å²) >= 11 is 0. The average Bonchev–Trinajstić information content (AvgIpc) is 3.20. The van der Waals surface area contributed by atoms with Crippen LogP contribution >= 0.6 is 0 Å². The lowest BCUT2D eigenvalue weighted by Crippen LogP contribution is -2.54. The molecule has 7 nitrogen and oxygen atoms in total. The number of hydrogen-bond donors (Lipinski definition) is 0. The van der Waals surface area contributed by atoms with Crippen LogP contribution < -0.4 is 4.90 Å². The third kappa shape index (κ3) is 3.83. The van der Waals surface area contributed by atoms with Crippen molar-refractivity contribution in [2.45, 2.75) is 25.7 Å². The SMILES string of the molecule is COCCN1C[C@@]2(CCCN(c3noc(-c4ccccc4)n3)C2)CCC1=O. The van der Waals surface area contributed by atoms with Crippen LogP contribution in [0.4, 0.5) is 5.95 Å². The van der Waals surface area contributed by atoms with Gasteiger partial charge in [-0.15, -0.1) is 0 Å². The molecule has 1 aromatic heterocycles. The molecule has 7 heteroatoms. The van der Waals surface area contributed by atoms with Gasteiger partial charge in [-0.2, -0.15) is 4.98 Å². The molecular weight excluding hydrogens is 344 g/mol. The largest absolute Gasteiger partial charge is 0.383 e. The van der Waals surface area contributed by atoms with Crippen molar-refractivity contribution in [2.24, 2.45) is 5.41 Å². The van der Waals surface area contributed by atoms with Crippen molar-refractivity contribution in [1.82, 2.24) is 15.0 Å². The number of methoxy groups -OCH3 is 1. The number of carbonyl (C=O) groups is 1. The molecule has 3 heterocycles. The third-order valence-corrected chi connectivity index (χ3v) is 5.69. The Labute approximate surface area is 159 Å². The lowest BCUT2D eigenvalue weighted by molar-refractivity contribution is -0.138. The van der Waals surface area contributed by atoms with Gasteiger partial charge < -0.3 is 19.1 Å². The zero-order chi connectivity index (χ0) is 18.7. The van der Waals surface area contributed by atoms with Gasteiger partial charge in [0.05, 0.1) is 6.61 Å². The van der Waals surface area contributed by atoms with Crippen LogP contribution in [0.15, 0.2) is 34.9 Å². The van der Waals surface area contributed by atoms with Gasteiger partial charge >= 0.3 is 0 Å². The molecule has 0 N–H and O–H groups in total. The van der Waals surface area contributed by atoms with Crippen LogP contribution in [0, 0.1) is 5.41 Å². The van der Waals surface area contributed by atoms with E-state index < -0.39 is 0 Å². The van der Waals surface area contributed by atoms with Crippen LogP contribution in [0.3, 0.4) is 0 Å². The molecule has 1 amide bonds. The topological polar surface area (TPSA) is 71.7 Å². The van der Waals surface area contributed by atoms with Crippen molar-refractivity contribution < 1.29 is 14.1 Å². The number of carbonyl (C=O) groups excluding carboxylic acids is 1. The molecule has 2 saturated heterocycles. The zero-order valence-corrected chi connectivity index (χ0v) is 15.8. The van der Waals surface area contributed by atoms with Crippen molar-refractivity contribution in [2.75, 3.05) is 44.8 Å². The first-order chi connectivity index (χ1) is 13.2. The monoisotopic (exact) mass is 370 g/mol. The van der Waals surface area contributed by atoms with Gasteiger partial charge in [0.2, 0.25) is 5.91 Å². The molecule has 2 fully saturated rings. The predicted molar refractivity (Wildman–Crippen MR) is 101 cm³/mol. The number of likely N-dealkylation sites (tertiary alicyclic amines) is 1. The number of amides is 1. The molecule has 2 aromatic rings. The first kappa shape index (κ1) is 18.0. The van der Waals surface area contributed by atoms with Crippen LogP contribution in [0.1, 0.15) is 25.7 Å². The number of rotatable bonds is 5. The molecule has 1 aromatic carbocycles. The molecule has 0 radical (unpaired) electrons. The Bertz CT molecular complexity index is 779. The highest BCUT2D eigenvalue weighted by Crippen LogP contribution is 2.39. The van der Waals surface area contributed by atoms with E-state index in [9.17, 15) is 4.79 Å². The smallest absolute Gasteiger partial charge is 0.266 e. The van der Waals surface area contributed by atoms with Crippen molar-refractivity contribution in [3.05, 3.63) is 30.3 Å².